The fraction of sp³-hybridized carbons (Fsp3) is 0.750. The smallest absolute Gasteiger partial charge is 0.0172 e. The Morgan fingerprint density at radius 1 is 1.33 bits per heavy atom. The number of nitrogens with zero attached hydrogens (tertiary/aromatic N) is 1. The summed E-state index contributed by atoms with van der Waals surface area (Å²) >= 11 is 0. The van der Waals surface area contributed by atoms with Crippen LogP contribution in [0.2, 0.25) is 0 Å². The fourth-order valence-corrected chi connectivity index (χ4v) is 0.788. The van der Waals surface area contributed by atoms with Gasteiger partial charge < -0.3 is 4.90 Å². The Kier molecular flexibility index (Phi) is 5.38. The van der Waals surface area contributed by atoms with E-state index in [0.717, 1.165) is 0 Å². The third-order valence-corrected chi connectivity index (χ3v) is 1.24. The van der Waals surface area contributed by atoms with Crippen molar-refractivity contribution in [3.63, 3.8) is 0 Å². The molecule has 0 radical (unpaired) electrons. The van der Waals surface area contributed by atoms with Crippen molar-refractivity contribution in [2.75, 3.05) is 13.6 Å². The molecule has 0 N–H and O–H groups in total. The lowest BCUT2D eigenvalue weighted by Gasteiger charge is -2.16. The molecule has 1 rings (SSSR count). The highest BCUT2D eigenvalue weighted by Crippen LogP contribution is 2.00. The van der Waals surface area contributed by atoms with Gasteiger partial charge in [0.15, 0.2) is 0 Å². The zero-order chi connectivity index (χ0) is 7.11. The van der Waals surface area contributed by atoms with Gasteiger partial charge in [-0.2, -0.15) is 0 Å². The van der Waals surface area contributed by atoms with E-state index in [1.807, 2.05) is 13.8 Å². The molecule has 54 valence electrons. The quantitative estimate of drug-likeness (QED) is 0.482. The largest absolute Gasteiger partial charge is 0.381 e. The maximum Gasteiger partial charge on any atom is 0.0172 e. The van der Waals surface area contributed by atoms with Crippen LogP contribution in [0, 0.1) is 0 Å². The van der Waals surface area contributed by atoms with E-state index < -0.39 is 0 Å². The molecule has 1 aliphatic heterocycles. The van der Waals surface area contributed by atoms with Crippen LogP contribution in [0.5, 0.6) is 0 Å². The molecule has 1 heterocycles. The lowest BCUT2D eigenvalue weighted by atomic mass is 10.2. The minimum Gasteiger partial charge on any atom is -0.381 e. The molecule has 0 amide bonds. The molecule has 0 fully saturated rings. The lowest BCUT2D eigenvalue weighted by molar-refractivity contribution is 0.426. The number of rotatable bonds is 0. The van der Waals surface area contributed by atoms with Gasteiger partial charge in [0.1, 0.15) is 0 Å². The molecule has 1 nitrogen and oxygen atoms in total. The van der Waals surface area contributed by atoms with Gasteiger partial charge in [-0.1, -0.05) is 19.9 Å². The minimum absolute atomic E-state index is 1.23. The summed E-state index contributed by atoms with van der Waals surface area (Å²) in [4.78, 5) is 2.21. The monoisotopic (exact) mass is 127 g/mol. The second-order valence-electron chi connectivity index (χ2n) is 2.01. The zero-order valence-electron chi connectivity index (χ0n) is 6.72. The topological polar surface area (TPSA) is 3.24 Å². The van der Waals surface area contributed by atoms with Crippen molar-refractivity contribution >= 4 is 0 Å². The van der Waals surface area contributed by atoms with Gasteiger partial charge in [0.25, 0.3) is 0 Å². The fourth-order valence-electron chi connectivity index (χ4n) is 0.788. The van der Waals surface area contributed by atoms with Crippen molar-refractivity contribution in [3.05, 3.63) is 12.3 Å². The minimum atomic E-state index is 1.23. The molecule has 0 aromatic rings. The van der Waals surface area contributed by atoms with Crippen molar-refractivity contribution in [2.24, 2.45) is 0 Å². The van der Waals surface area contributed by atoms with E-state index in [4.69, 9.17) is 0 Å². The van der Waals surface area contributed by atoms with Crippen LogP contribution in [0.4, 0.5) is 0 Å². The van der Waals surface area contributed by atoms with Crippen molar-refractivity contribution in [1.82, 2.24) is 4.90 Å². The highest BCUT2D eigenvalue weighted by Gasteiger charge is 1.93. The van der Waals surface area contributed by atoms with Gasteiger partial charge in [-0.25, -0.2) is 0 Å². The molecular formula is C8H17N. The normalized spacial score (nSPS) is 16.6. The summed E-state index contributed by atoms with van der Waals surface area (Å²) in [6.45, 7) is 5.23. The van der Waals surface area contributed by atoms with Crippen LogP contribution in [0.1, 0.15) is 26.7 Å². The highest BCUT2D eigenvalue weighted by atomic mass is 15.1. The van der Waals surface area contributed by atoms with Crippen LogP contribution in [-0.2, 0) is 0 Å². The van der Waals surface area contributed by atoms with Crippen LogP contribution in [0.15, 0.2) is 12.3 Å². The molecule has 0 saturated carbocycles. The van der Waals surface area contributed by atoms with Crippen molar-refractivity contribution in [3.8, 4) is 0 Å². The standard InChI is InChI=1S/C6H11N.C2H6/c1-7-5-3-2-4-6-7;1-2/h3,5H,2,4,6H2,1H3;1-2H3. The second kappa shape index (κ2) is 5.67. The summed E-state index contributed by atoms with van der Waals surface area (Å²) in [5, 5.41) is 0. The Labute approximate surface area is 58.4 Å². The third-order valence-electron chi connectivity index (χ3n) is 1.24. The molecule has 0 bridgehead atoms. The highest BCUT2D eigenvalue weighted by molar-refractivity contribution is 4.85. The van der Waals surface area contributed by atoms with E-state index >= 15 is 0 Å². The van der Waals surface area contributed by atoms with E-state index in [2.05, 4.69) is 24.2 Å². The Hall–Kier alpha value is -0.460. The van der Waals surface area contributed by atoms with E-state index in [1.165, 1.54) is 19.4 Å². The molecule has 0 aromatic heterocycles. The summed E-state index contributed by atoms with van der Waals surface area (Å²) < 4.78 is 0. The first-order chi connectivity index (χ1) is 4.39. The van der Waals surface area contributed by atoms with Crippen molar-refractivity contribution < 1.29 is 0 Å². The Morgan fingerprint density at radius 2 is 2.00 bits per heavy atom. The molecule has 1 heteroatoms. The molecule has 0 aromatic carbocycles. The summed E-state index contributed by atoms with van der Waals surface area (Å²) in [6, 6.07) is 0. The van der Waals surface area contributed by atoms with E-state index in [-0.39, 0.29) is 0 Å². The third kappa shape index (κ3) is 4.07. The predicted octanol–water partition coefficient (Wildman–Crippen LogP) is 2.25. The van der Waals surface area contributed by atoms with Crippen LogP contribution in [-0.4, -0.2) is 18.5 Å². The lowest BCUT2D eigenvalue weighted by Crippen LogP contribution is -2.14. The molecule has 9 heavy (non-hydrogen) atoms. The summed E-state index contributed by atoms with van der Waals surface area (Å²) in [6.07, 6.45) is 6.95. The molecule has 0 aliphatic carbocycles. The van der Waals surface area contributed by atoms with Gasteiger partial charge in [0.2, 0.25) is 0 Å². The molecule has 0 unspecified atom stereocenters. The van der Waals surface area contributed by atoms with Crippen LogP contribution < -0.4 is 0 Å². The van der Waals surface area contributed by atoms with Gasteiger partial charge in [-0.05, 0) is 19.0 Å². The van der Waals surface area contributed by atoms with Gasteiger partial charge in [0, 0.05) is 13.6 Å². The van der Waals surface area contributed by atoms with E-state index in [9.17, 15) is 0 Å². The number of hydrogen-bond donors (Lipinski definition) is 0. The van der Waals surface area contributed by atoms with Gasteiger partial charge >= 0.3 is 0 Å². The Balaban J connectivity index is 0.000000291. The molecule has 0 saturated heterocycles. The Bertz CT molecular complexity index is 76.6. The van der Waals surface area contributed by atoms with Crippen LogP contribution in [0.25, 0.3) is 0 Å². The molecule has 0 spiro atoms. The van der Waals surface area contributed by atoms with E-state index in [1.54, 1.807) is 0 Å². The maximum atomic E-state index is 2.21. The number of hydrogen-bond acceptors (Lipinski definition) is 1. The van der Waals surface area contributed by atoms with Gasteiger partial charge in [-0.3, -0.25) is 0 Å². The molecule has 1 aliphatic rings. The van der Waals surface area contributed by atoms with Gasteiger partial charge in [0.05, 0.1) is 0 Å². The van der Waals surface area contributed by atoms with Crippen LogP contribution in [0.3, 0.4) is 0 Å². The first kappa shape index (κ1) is 8.54. The predicted molar refractivity (Wildman–Crippen MR) is 42.4 cm³/mol. The van der Waals surface area contributed by atoms with Crippen LogP contribution >= 0.6 is 0 Å². The van der Waals surface area contributed by atoms with Gasteiger partial charge in [-0.15, -0.1) is 0 Å². The summed E-state index contributed by atoms with van der Waals surface area (Å²) in [7, 11) is 2.11. The average molecular weight is 127 g/mol. The maximum absolute atomic E-state index is 2.21. The molecule has 0 atom stereocenters. The summed E-state index contributed by atoms with van der Waals surface area (Å²) in [5.74, 6) is 0. The zero-order valence-corrected chi connectivity index (χ0v) is 6.72. The average Bonchev–Trinajstić information content (AvgIpc) is 1.94. The van der Waals surface area contributed by atoms with E-state index in [0.29, 0.717) is 0 Å². The SMILES string of the molecule is CC.CN1C=CCCC1. The molecular weight excluding hydrogens is 110 g/mol. The first-order valence-corrected chi connectivity index (χ1v) is 3.76. The Morgan fingerprint density at radius 3 is 2.22 bits per heavy atom. The second-order valence-corrected chi connectivity index (χ2v) is 2.01. The van der Waals surface area contributed by atoms with Crippen molar-refractivity contribution in [2.45, 2.75) is 26.7 Å². The van der Waals surface area contributed by atoms with Crippen molar-refractivity contribution in [1.29, 1.82) is 0 Å². The first-order valence-electron chi connectivity index (χ1n) is 3.76. The number of allylic oxidation sites excluding steroid dienone is 1. The summed E-state index contributed by atoms with van der Waals surface area (Å²) in [5.41, 5.74) is 0.